The fourth-order valence-electron chi connectivity index (χ4n) is 2.80. The van der Waals surface area contributed by atoms with Crippen molar-refractivity contribution in [2.24, 2.45) is 5.92 Å². The van der Waals surface area contributed by atoms with Gasteiger partial charge in [0.1, 0.15) is 11.6 Å². The Labute approximate surface area is 145 Å². The summed E-state index contributed by atoms with van der Waals surface area (Å²) in [4.78, 5) is 16.5. The number of hydrogen-bond donors (Lipinski definition) is 1. The van der Waals surface area contributed by atoms with Crippen molar-refractivity contribution < 1.29 is 17.6 Å². The number of hydrogen-bond acceptors (Lipinski definition) is 4. The third kappa shape index (κ3) is 4.02. The van der Waals surface area contributed by atoms with E-state index in [1.54, 1.807) is 24.4 Å². The molecule has 0 saturated carbocycles. The van der Waals surface area contributed by atoms with E-state index < -0.39 is 21.8 Å². The monoisotopic (exact) mass is 363 g/mol. The number of aromatic nitrogens is 1. The molecule has 2 heterocycles. The van der Waals surface area contributed by atoms with Gasteiger partial charge in [-0.05, 0) is 49.2 Å². The lowest BCUT2D eigenvalue weighted by atomic mass is 9.99. The molecular weight excluding hydrogens is 345 g/mol. The molecule has 0 aliphatic carbocycles. The van der Waals surface area contributed by atoms with Gasteiger partial charge in [-0.2, -0.15) is 4.31 Å². The molecule has 0 spiro atoms. The standard InChI is InChI=1S/C17H18FN3O3S/c18-14-6-8-15(9-7-14)25(23,24)21-11-3-4-13(12-21)17(22)20-16-5-1-2-10-19-16/h1-2,5-10,13H,3-4,11-12H2,(H,19,20,22)/t13-/m1/s1. The van der Waals surface area contributed by atoms with Gasteiger partial charge in [-0.25, -0.2) is 17.8 Å². The van der Waals surface area contributed by atoms with Gasteiger partial charge in [-0.1, -0.05) is 6.07 Å². The van der Waals surface area contributed by atoms with Crippen LogP contribution in [0.2, 0.25) is 0 Å². The van der Waals surface area contributed by atoms with Crippen molar-refractivity contribution in [2.75, 3.05) is 18.4 Å². The summed E-state index contributed by atoms with van der Waals surface area (Å²) in [6.45, 7) is 0.436. The molecule has 1 N–H and O–H groups in total. The van der Waals surface area contributed by atoms with E-state index in [1.807, 2.05) is 0 Å². The third-order valence-electron chi connectivity index (χ3n) is 4.12. The summed E-state index contributed by atoms with van der Waals surface area (Å²) < 4.78 is 39.7. The van der Waals surface area contributed by atoms with Crippen LogP contribution in [0.15, 0.2) is 53.6 Å². The second-order valence-electron chi connectivity index (χ2n) is 5.86. The van der Waals surface area contributed by atoms with E-state index in [-0.39, 0.29) is 17.3 Å². The molecule has 0 unspecified atom stereocenters. The number of halogens is 1. The van der Waals surface area contributed by atoms with Gasteiger partial charge in [0.15, 0.2) is 0 Å². The minimum absolute atomic E-state index is 0.0275. The molecule has 2 aromatic rings. The maximum atomic E-state index is 13.0. The van der Waals surface area contributed by atoms with E-state index in [2.05, 4.69) is 10.3 Å². The van der Waals surface area contributed by atoms with Crippen molar-refractivity contribution in [2.45, 2.75) is 17.7 Å². The SMILES string of the molecule is O=C(Nc1ccccn1)[C@@H]1CCCN(S(=O)(=O)c2ccc(F)cc2)C1. The highest BCUT2D eigenvalue weighted by Gasteiger charge is 2.33. The summed E-state index contributed by atoms with van der Waals surface area (Å²) in [6, 6.07) is 9.88. The van der Waals surface area contributed by atoms with Gasteiger partial charge in [-0.15, -0.1) is 0 Å². The Bertz CT molecular complexity index is 841. The third-order valence-corrected chi connectivity index (χ3v) is 6.00. The van der Waals surface area contributed by atoms with E-state index >= 15 is 0 Å². The maximum Gasteiger partial charge on any atom is 0.243 e. The number of nitrogens with zero attached hydrogens (tertiary/aromatic N) is 2. The molecule has 1 aliphatic heterocycles. The number of anilines is 1. The Kier molecular flexibility index (Phi) is 5.10. The highest BCUT2D eigenvalue weighted by atomic mass is 32.2. The zero-order valence-electron chi connectivity index (χ0n) is 13.4. The summed E-state index contributed by atoms with van der Waals surface area (Å²) in [5, 5.41) is 2.71. The van der Waals surface area contributed by atoms with E-state index in [9.17, 15) is 17.6 Å². The summed E-state index contributed by atoms with van der Waals surface area (Å²) in [7, 11) is -3.75. The summed E-state index contributed by atoms with van der Waals surface area (Å²) in [5.41, 5.74) is 0. The van der Waals surface area contributed by atoms with Gasteiger partial charge < -0.3 is 5.32 Å². The number of pyridine rings is 1. The first kappa shape index (κ1) is 17.5. The fourth-order valence-corrected chi connectivity index (χ4v) is 4.32. The van der Waals surface area contributed by atoms with Gasteiger partial charge in [0, 0.05) is 19.3 Å². The van der Waals surface area contributed by atoms with Crippen LogP contribution >= 0.6 is 0 Å². The lowest BCUT2D eigenvalue weighted by Gasteiger charge is -2.31. The van der Waals surface area contributed by atoms with Crippen molar-refractivity contribution in [1.82, 2.24) is 9.29 Å². The molecule has 1 atom stereocenters. The predicted molar refractivity (Wildman–Crippen MR) is 90.7 cm³/mol. The highest BCUT2D eigenvalue weighted by molar-refractivity contribution is 7.89. The second kappa shape index (κ2) is 7.28. The Hall–Kier alpha value is -2.32. The van der Waals surface area contributed by atoms with Crippen LogP contribution in [0, 0.1) is 11.7 Å². The van der Waals surface area contributed by atoms with Gasteiger partial charge >= 0.3 is 0 Å². The first-order valence-electron chi connectivity index (χ1n) is 7.94. The molecule has 0 bridgehead atoms. The molecule has 1 fully saturated rings. The summed E-state index contributed by atoms with van der Waals surface area (Å²) in [5.74, 6) is -0.764. The van der Waals surface area contributed by atoms with Crippen molar-refractivity contribution in [1.29, 1.82) is 0 Å². The van der Waals surface area contributed by atoms with Crippen LogP contribution in [0.25, 0.3) is 0 Å². The molecule has 8 heteroatoms. The number of sulfonamides is 1. The molecule has 1 saturated heterocycles. The normalized spacial score (nSPS) is 18.7. The Morgan fingerprint density at radius 1 is 1.20 bits per heavy atom. The lowest BCUT2D eigenvalue weighted by Crippen LogP contribution is -2.43. The van der Waals surface area contributed by atoms with Crippen molar-refractivity contribution in [3.63, 3.8) is 0 Å². The summed E-state index contributed by atoms with van der Waals surface area (Å²) >= 11 is 0. The number of piperidine rings is 1. The van der Waals surface area contributed by atoms with Gasteiger partial charge in [0.25, 0.3) is 0 Å². The Balaban J connectivity index is 1.72. The number of amides is 1. The second-order valence-corrected chi connectivity index (χ2v) is 7.80. The van der Waals surface area contributed by atoms with Gasteiger partial charge in [0.2, 0.25) is 15.9 Å². The molecule has 1 amide bonds. The van der Waals surface area contributed by atoms with Crippen LogP contribution in [-0.4, -0.2) is 36.7 Å². The number of carbonyl (C=O) groups is 1. The van der Waals surface area contributed by atoms with Gasteiger partial charge in [0.05, 0.1) is 10.8 Å². The Morgan fingerprint density at radius 3 is 2.64 bits per heavy atom. The van der Waals surface area contributed by atoms with Crippen molar-refractivity contribution in [3.05, 3.63) is 54.5 Å². The van der Waals surface area contributed by atoms with Crippen LogP contribution in [0.1, 0.15) is 12.8 Å². The lowest BCUT2D eigenvalue weighted by molar-refractivity contribution is -0.120. The van der Waals surface area contributed by atoms with Gasteiger partial charge in [-0.3, -0.25) is 4.79 Å². The molecule has 3 rings (SSSR count). The zero-order valence-corrected chi connectivity index (χ0v) is 14.2. The maximum absolute atomic E-state index is 13.0. The summed E-state index contributed by atoms with van der Waals surface area (Å²) in [6.07, 6.45) is 2.76. The molecule has 132 valence electrons. The van der Waals surface area contributed by atoms with Crippen molar-refractivity contribution in [3.8, 4) is 0 Å². The van der Waals surface area contributed by atoms with Crippen LogP contribution in [-0.2, 0) is 14.8 Å². The molecule has 1 aliphatic rings. The molecule has 6 nitrogen and oxygen atoms in total. The Morgan fingerprint density at radius 2 is 1.96 bits per heavy atom. The van der Waals surface area contributed by atoms with Crippen LogP contribution in [0.4, 0.5) is 10.2 Å². The average Bonchev–Trinajstić information content (AvgIpc) is 2.63. The number of rotatable bonds is 4. The predicted octanol–water partition coefficient (Wildman–Crippen LogP) is 2.26. The topological polar surface area (TPSA) is 79.4 Å². The number of nitrogens with one attached hydrogen (secondary N) is 1. The van der Waals surface area contributed by atoms with E-state index in [0.29, 0.717) is 25.2 Å². The number of carbonyl (C=O) groups excluding carboxylic acids is 1. The number of benzene rings is 1. The minimum atomic E-state index is -3.75. The molecule has 1 aromatic carbocycles. The quantitative estimate of drug-likeness (QED) is 0.904. The first-order valence-corrected chi connectivity index (χ1v) is 9.38. The van der Waals surface area contributed by atoms with Crippen LogP contribution in [0.3, 0.4) is 0 Å². The minimum Gasteiger partial charge on any atom is -0.310 e. The smallest absolute Gasteiger partial charge is 0.243 e. The van der Waals surface area contributed by atoms with Crippen LogP contribution in [0.5, 0.6) is 0 Å². The molecule has 1 aromatic heterocycles. The van der Waals surface area contributed by atoms with E-state index in [1.165, 1.54) is 16.4 Å². The van der Waals surface area contributed by atoms with Crippen molar-refractivity contribution >= 4 is 21.7 Å². The van der Waals surface area contributed by atoms with E-state index in [0.717, 1.165) is 12.1 Å². The largest absolute Gasteiger partial charge is 0.310 e. The molecule has 25 heavy (non-hydrogen) atoms. The van der Waals surface area contributed by atoms with Crippen LogP contribution < -0.4 is 5.32 Å². The fraction of sp³-hybridized carbons (Fsp3) is 0.294. The molecule has 0 radical (unpaired) electrons. The zero-order chi connectivity index (χ0) is 17.9. The average molecular weight is 363 g/mol. The van der Waals surface area contributed by atoms with E-state index in [4.69, 9.17) is 0 Å². The highest BCUT2D eigenvalue weighted by Crippen LogP contribution is 2.24. The molecular formula is C17H18FN3O3S. The first-order chi connectivity index (χ1) is 12.0.